The van der Waals surface area contributed by atoms with Crippen LogP contribution in [0.15, 0.2) is 34.9 Å². The molecule has 154 valence electrons. The second-order valence-corrected chi connectivity index (χ2v) is 8.15. The molecule has 0 radical (unpaired) electrons. The SMILES string of the molecule is Cc1nn(CCCNC(=S)Nc2ccn(Cc3c(F)cccc3Cl)n2)c(C)c1Br. The Labute approximate surface area is 187 Å². The Hall–Kier alpha value is -1.97. The minimum Gasteiger partial charge on any atom is -0.362 e. The molecule has 10 heteroatoms. The van der Waals surface area contributed by atoms with Crippen LogP contribution in [-0.4, -0.2) is 31.2 Å². The molecule has 0 fully saturated rings. The fraction of sp³-hybridized carbons (Fsp3) is 0.316. The van der Waals surface area contributed by atoms with Gasteiger partial charge < -0.3 is 10.6 Å². The lowest BCUT2D eigenvalue weighted by molar-refractivity contribution is 0.558. The van der Waals surface area contributed by atoms with E-state index >= 15 is 0 Å². The van der Waals surface area contributed by atoms with Gasteiger partial charge in [-0.05, 0) is 60.5 Å². The van der Waals surface area contributed by atoms with Crippen LogP contribution >= 0.6 is 39.7 Å². The van der Waals surface area contributed by atoms with E-state index in [0.717, 1.165) is 28.8 Å². The van der Waals surface area contributed by atoms with Crippen molar-refractivity contribution >= 4 is 50.7 Å². The highest BCUT2D eigenvalue weighted by molar-refractivity contribution is 9.10. The predicted molar refractivity (Wildman–Crippen MR) is 121 cm³/mol. The molecule has 0 amide bonds. The van der Waals surface area contributed by atoms with Gasteiger partial charge in [0.05, 0.1) is 16.7 Å². The van der Waals surface area contributed by atoms with Crippen LogP contribution in [-0.2, 0) is 13.1 Å². The monoisotopic (exact) mass is 498 g/mol. The topological polar surface area (TPSA) is 59.7 Å². The number of hydrogen-bond acceptors (Lipinski definition) is 3. The van der Waals surface area contributed by atoms with Crippen molar-refractivity contribution in [1.82, 2.24) is 24.9 Å². The first kappa shape index (κ1) is 21.7. The zero-order chi connectivity index (χ0) is 21.0. The minimum absolute atomic E-state index is 0.242. The summed E-state index contributed by atoms with van der Waals surface area (Å²) in [6.45, 7) is 5.75. The van der Waals surface area contributed by atoms with Crippen LogP contribution < -0.4 is 10.6 Å². The molecule has 2 heterocycles. The van der Waals surface area contributed by atoms with Crippen LogP contribution in [0.4, 0.5) is 10.2 Å². The van der Waals surface area contributed by atoms with Gasteiger partial charge in [-0.3, -0.25) is 9.36 Å². The summed E-state index contributed by atoms with van der Waals surface area (Å²) in [5.41, 5.74) is 2.50. The average molecular weight is 500 g/mol. The molecule has 0 bridgehead atoms. The number of benzene rings is 1. The summed E-state index contributed by atoms with van der Waals surface area (Å²) >= 11 is 14.9. The first-order chi connectivity index (χ1) is 13.8. The second kappa shape index (κ2) is 9.69. The van der Waals surface area contributed by atoms with Gasteiger partial charge in [0.1, 0.15) is 5.82 Å². The highest BCUT2D eigenvalue weighted by Gasteiger charge is 2.10. The summed E-state index contributed by atoms with van der Waals surface area (Å²) in [6.07, 6.45) is 2.62. The molecule has 6 nitrogen and oxygen atoms in total. The van der Waals surface area contributed by atoms with E-state index in [0.29, 0.717) is 28.1 Å². The Kier molecular flexibility index (Phi) is 7.26. The first-order valence-electron chi connectivity index (χ1n) is 9.06. The molecule has 0 atom stereocenters. The molecule has 0 spiro atoms. The number of halogens is 3. The highest BCUT2D eigenvalue weighted by atomic mass is 79.9. The molecule has 0 aliphatic rings. The molecule has 0 unspecified atom stereocenters. The Balaban J connectivity index is 1.46. The van der Waals surface area contributed by atoms with Crippen molar-refractivity contribution in [2.75, 3.05) is 11.9 Å². The fourth-order valence-corrected chi connectivity index (χ4v) is 3.56. The molecule has 0 aliphatic carbocycles. The van der Waals surface area contributed by atoms with Gasteiger partial charge in [0.2, 0.25) is 0 Å². The molecule has 0 aliphatic heterocycles. The van der Waals surface area contributed by atoms with Crippen LogP contribution in [0.25, 0.3) is 0 Å². The van der Waals surface area contributed by atoms with Crippen molar-refractivity contribution in [3.63, 3.8) is 0 Å². The minimum atomic E-state index is -0.352. The Morgan fingerprint density at radius 3 is 2.76 bits per heavy atom. The van der Waals surface area contributed by atoms with E-state index in [-0.39, 0.29) is 12.4 Å². The third-order valence-electron chi connectivity index (χ3n) is 4.39. The normalized spacial score (nSPS) is 10.9. The predicted octanol–water partition coefficient (Wildman–Crippen LogP) is 4.68. The van der Waals surface area contributed by atoms with E-state index in [4.69, 9.17) is 23.8 Å². The summed E-state index contributed by atoms with van der Waals surface area (Å²) in [6, 6.07) is 6.39. The van der Waals surface area contributed by atoms with E-state index in [1.165, 1.54) is 6.07 Å². The largest absolute Gasteiger partial charge is 0.362 e. The van der Waals surface area contributed by atoms with Gasteiger partial charge in [0, 0.05) is 41.6 Å². The quantitative estimate of drug-likeness (QED) is 0.365. The molecule has 29 heavy (non-hydrogen) atoms. The van der Waals surface area contributed by atoms with Crippen LogP contribution in [0, 0.1) is 19.7 Å². The highest BCUT2D eigenvalue weighted by Crippen LogP contribution is 2.21. The third-order valence-corrected chi connectivity index (χ3v) is 6.14. The van der Waals surface area contributed by atoms with Gasteiger partial charge in [-0.25, -0.2) is 4.39 Å². The molecule has 0 saturated carbocycles. The van der Waals surface area contributed by atoms with Crippen LogP contribution in [0.1, 0.15) is 23.4 Å². The van der Waals surface area contributed by atoms with Crippen molar-refractivity contribution in [2.45, 2.75) is 33.4 Å². The fourth-order valence-electron chi connectivity index (χ4n) is 2.85. The second-order valence-electron chi connectivity index (χ2n) is 6.54. The molecular weight excluding hydrogens is 479 g/mol. The van der Waals surface area contributed by atoms with E-state index in [9.17, 15) is 4.39 Å². The van der Waals surface area contributed by atoms with E-state index in [1.54, 1.807) is 29.1 Å². The maximum atomic E-state index is 13.9. The lowest BCUT2D eigenvalue weighted by atomic mass is 10.2. The van der Waals surface area contributed by atoms with Gasteiger partial charge in [0.15, 0.2) is 10.9 Å². The Bertz CT molecular complexity index is 998. The standard InChI is InChI=1S/C19H21BrClFN6S/c1-12-18(20)13(2)28(25-12)9-4-8-23-19(29)24-17-7-10-27(26-17)11-14-15(21)5-3-6-16(14)22/h3,5-7,10H,4,8-9,11H2,1-2H3,(H2,23,24,26,29). The van der Waals surface area contributed by atoms with Crippen molar-refractivity contribution < 1.29 is 4.39 Å². The van der Waals surface area contributed by atoms with Crippen LogP contribution in [0.3, 0.4) is 0 Å². The number of hydrogen-bond donors (Lipinski definition) is 2. The van der Waals surface area contributed by atoms with Crippen LogP contribution in [0.2, 0.25) is 5.02 Å². The summed E-state index contributed by atoms with van der Waals surface area (Å²) in [5, 5.41) is 15.9. The molecule has 2 aromatic heterocycles. The maximum Gasteiger partial charge on any atom is 0.171 e. The van der Waals surface area contributed by atoms with Gasteiger partial charge >= 0.3 is 0 Å². The number of aryl methyl sites for hydroxylation is 2. The molecule has 3 aromatic rings. The van der Waals surface area contributed by atoms with Crippen LogP contribution in [0.5, 0.6) is 0 Å². The number of anilines is 1. The summed E-state index contributed by atoms with van der Waals surface area (Å²) in [4.78, 5) is 0. The summed E-state index contributed by atoms with van der Waals surface area (Å²) in [7, 11) is 0. The third kappa shape index (κ3) is 5.55. The first-order valence-corrected chi connectivity index (χ1v) is 10.6. The van der Waals surface area contributed by atoms with Gasteiger partial charge in [0.25, 0.3) is 0 Å². The molecule has 3 rings (SSSR count). The molecule has 2 N–H and O–H groups in total. The van der Waals surface area contributed by atoms with Crippen molar-refractivity contribution in [1.29, 1.82) is 0 Å². The van der Waals surface area contributed by atoms with Crippen molar-refractivity contribution in [3.05, 3.63) is 62.7 Å². The molecular formula is C19H21BrClFN6S. The number of nitrogens with zero attached hydrogens (tertiary/aromatic N) is 4. The number of rotatable bonds is 7. The van der Waals surface area contributed by atoms with Gasteiger partial charge in [-0.15, -0.1) is 0 Å². The zero-order valence-corrected chi connectivity index (χ0v) is 19.2. The molecule has 1 aromatic carbocycles. The van der Waals surface area contributed by atoms with Crippen molar-refractivity contribution in [3.8, 4) is 0 Å². The Morgan fingerprint density at radius 1 is 1.28 bits per heavy atom. The van der Waals surface area contributed by atoms with E-state index < -0.39 is 0 Å². The average Bonchev–Trinajstić information content (AvgIpc) is 3.21. The summed E-state index contributed by atoms with van der Waals surface area (Å²) in [5.74, 6) is 0.228. The maximum absolute atomic E-state index is 13.9. The zero-order valence-electron chi connectivity index (χ0n) is 16.0. The smallest absolute Gasteiger partial charge is 0.171 e. The molecule has 0 saturated heterocycles. The van der Waals surface area contributed by atoms with E-state index in [1.807, 2.05) is 18.5 Å². The van der Waals surface area contributed by atoms with Crippen molar-refractivity contribution in [2.24, 2.45) is 0 Å². The number of aromatic nitrogens is 4. The van der Waals surface area contributed by atoms with E-state index in [2.05, 4.69) is 36.8 Å². The Morgan fingerprint density at radius 2 is 2.07 bits per heavy atom. The number of nitrogens with one attached hydrogen (secondary N) is 2. The lowest BCUT2D eigenvalue weighted by Crippen LogP contribution is -2.30. The van der Waals surface area contributed by atoms with Gasteiger partial charge in [-0.2, -0.15) is 10.2 Å². The number of thiocarbonyl (C=S) groups is 1. The lowest BCUT2D eigenvalue weighted by Gasteiger charge is -2.09. The summed E-state index contributed by atoms with van der Waals surface area (Å²) < 4.78 is 18.6. The van der Waals surface area contributed by atoms with Gasteiger partial charge in [-0.1, -0.05) is 17.7 Å².